The lowest BCUT2D eigenvalue weighted by Crippen LogP contribution is -2.66. The molecule has 0 aromatic heterocycles. The Morgan fingerprint density at radius 3 is 2.64 bits per heavy atom. The Hall–Kier alpha value is -1.14. The summed E-state index contributed by atoms with van der Waals surface area (Å²) < 4.78 is 0. The van der Waals surface area contributed by atoms with Gasteiger partial charge in [0.1, 0.15) is 11.6 Å². The number of carbonyl (C=O) groups excluding carboxylic acids is 2. The van der Waals surface area contributed by atoms with E-state index in [0.717, 1.165) is 32.1 Å². The Labute approximate surface area is 150 Å². The number of fused-ring (bicyclic) bond motifs is 5. The van der Waals surface area contributed by atoms with E-state index in [1.54, 1.807) is 0 Å². The van der Waals surface area contributed by atoms with E-state index < -0.39 is 5.60 Å². The van der Waals surface area contributed by atoms with Crippen LogP contribution in [-0.2, 0) is 9.59 Å². The predicted molar refractivity (Wildman–Crippen MR) is 95.5 cm³/mol. The van der Waals surface area contributed by atoms with E-state index in [0.29, 0.717) is 42.8 Å². The molecule has 0 aromatic rings. The fourth-order valence-corrected chi connectivity index (χ4v) is 7.42. The van der Waals surface area contributed by atoms with Gasteiger partial charge in [-0.15, -0.1) is 12.3 Å². The number of terminal acetylenes is 1. The highest BCUT2D eigenvalue weighted by Gasteiger charge is 2.67. The summed E-state index contributed by atoms with van der Waals surface area (Å²) in [5, 5.41) is 11.7. The number of ketones is 2. The highest BCUT2D eigenvalue weighted by Crippen LogP contribution is 2.67. The maximum Gasteiger partial charge on any atom is 0.139 e. The van der Waals surface area contributed by atoms with Crippen LogP contribution in [0.4, 0.5) is 0 Å². The van der Waals surface area contributed by atoms with Crippen LogP contribution in [0, 0.1) is 46.8 Å². The normalized spacial score (nSPS) is 52.1. The molecule has 0 saturated heterocycles. The minimum Gasteiger partial charge on any atom is -0.389 e. The van der Waals surface area contributed by atoms with Crippen molar-refractivity contribution in [3.05, 3.63) is 0 Å². The molecule has 2 unspecified atom stereocenters. The fraction of sp³-hybridized carbons (Fsp3) is 0.818. The lowest BCUT2D eigenvalue weighted by Gasteiger charge is -2.65. The van der Waals surface area contributed by atoms with Crippen LogP contribution in [0.2, 0.25) is 0 Å². The standard InChI is InChI=1S/C22H30O3/c1-4-5-14-12-16-17-6-7-19(24)20(17,2)10-9-18(16)21(3)11-8-15(23)13-22(14,21)25/h1,14,16-18,25H,5-13H2,2-3H3/t14?,16-,17-,18+,20-,21+,22?/m0/s1. The molecular weight excluding hydrogens is 312 g/mol. The van der Waals surface area contributed by atoms with E-state index in [9.17, 15) is 14.7 Å². The van der Waals surface area contributed by atoms with Gasteiger partial charge in [-0.3, -0.25) is 9.59 Å². The molecule has 4 saturated carbocycles. The van der Waals surface area contributed by atoms with Gasteiger partial charge in [-0.05, 0) is 55.8 Å². The Kier molecular flexibility index (Phi) is 3.75. The van der Waals surface area contributed by atoms with Gasteiger partial charge in [-0.1, -0.05) is 13.8 Å². The second-order valence-electron chi connectivity index (χ2n) is 9.69. The average molecular weight is 342 g/mol. The summed E-state index contributed by atoms with van der Waals surface area (Å²) in [6.45, 7) is 4.38. The van der Waals surface area contributed by atoms with Crippen molar-refractivity contribution in [3.8, 4) is 12.3 Å². The van der Waals surface area contributed by atoms with Gasteiger partial charge in [-0.2, -0.15) is 0 Å². The van der Waals surface area contributed by atoms with Crippen molar-refractivity contribution in [1.82, 2.24) is 0 Å². The van der Waals surface area contributed by atoms with Gasteiger partial charge in [-0.25, -0.2) is 0 Å². The molecule has 0 spiro atoms. The Morgan fingerprint density at radius 1 is 1.16 bits per heavy atom. The molecule has 7 atom stereocenters. The zero-order valence-electron chi connectivity index (χ0n) is 15.5. The molecular formula is C22H30O3. The van der Waals surface area contributed by atoms with E-state index >= 15 is 0 Å². The Morgan fingerprint density at radius 2 is 1.92 bits per heavy atom. The minimum absolute atomic E-state index is 0.0222. The molecule has 3 heteroatoms. The van der Waals surface area contributed by atoms with Crippen LogP contribution in [0.5, 0.6) is 0 Å². The number of Topliss-reactive ketones (excluding diaryl/α,β-unsaturated/α-hetero) is 2. The molecule has 4 fully saturated rings. The number of carbonyl (C=O) groups is 2. The third-order valence-corrected chi connectivity index (χ3v) is 8.94. The summed E-state index contributed by atoms with van der Waals surface area (Å²) in [6, 6.07) is 0. The van der Waals surface area contributed by atoms with Crippen molar-refractivity contribution in [3.63, 3.8) is 0 Å². The molecule has 0 bridgehead atoms. The van der Waals surface area contributed by atoms with Gasteiger partial charge in [0.05, 0.1) is 5.60 Å². The van der Waals surface area contributed by atoms with Gasteiger partial charge in [0, 0.05) is 36.5 Å². The molecule has 0 aliphatic heterocycles. The smallest absolute Gasteiger partial charge is 0.139 e. The van der Waals surface area contributed by atoms with E-state index in [4.69, 9.17) is 6.42 Å². The van der Waals surface area contributed by atoms with Crippen molar-refractivity contribution < 1.29 is 14.7 Å². The van der Waals surface area contributed by atoms with Gasteiger partial charge >= 0.3 is 0 Å². The van der Waals surface area contributed by atoms with Crippen molar-refractivity contribution >= 4 is 11.6 Å². The van der Waals surface area contributed by atoms with Gasteiger partial charge in [0.15, 0.2) is 0 Å². The van der Waals surface area contributed by atoms with Gasteiger partial charge in [0.25, 0.3) is 0 Å². The van der Waals surface area contributed by atoms with Crippen LogP contribution in [0.1, 0.15) is 71.6 Å². The molecule has 4 aliphatic carbocycles. The summed E-state index contributed by atoms with van der Waals surface area (Å²) in [7, 11) is 0. The van der Waals surface area contributed by atoms with Crippen molar-refractivity contribution in [2.75, 3.05) is 0 Å². The first-order valence-corrected chi connectivity index (χ1v) is 9.97. The number of hydrogen-bond donors (Lipinski definition) is 1. The predicted octanol–water partition coefficient (Wildman–Crippen LogP) is 3.53. The molecule has 25 heavy (non-hydrogen) atoms. The molecule has 0 aromatic carbocycles. The van der Waals surface area contributed by atoms with Crippen LogP contribution in [0.15, 0.2) is 0 Å². The van der Waals surface area contributed by atoms with E-state index in [2.05, 4.69) is 19.8 Å². The minimum atomic E-state index is -0.966. The summed E-state index contributed by atoms with van der Waals surface area (Å²) in [6.07, 6.45) is 12.3. The molecule has 3 nitrogen and oxygen atoms in total. The first kappa shape index (κ1) is 17.3. The van der Waals surface area contributed by atoms with E-state index in [1.807, 2.05) is 0 Å². The second-order valence-corrected chi connectivity index (χ2v) is 9.69. The molecule has 1 N–H and O–H groups in total. The van der Waals surface area contributed by atoms with Crippen molar-refractivity contribution in [2.45, 2.75) is 77.2 Å². The van der Waals surface area contributed by atoms with Crippen LogP contribution < -0.4 is 0 Å². The van der Waals surface area contributed by atoms with Gasteiger partial charge < -0.3 is 5.11 Å². The Balaban J connectivity index is 1.76. The zero-order chi connectivity index (χ0) is 18.0. The summed E-state index contributed by atoms with van der Waals surface area (Å²) in [4.78, 5) is 24.7. The first-order valence-electron chi connectivity index (χ1n) is 9.97. The van der Waals surface area contributed by atoms with E-state index in [1.165, 1.54) is 0 Å². The van der Waals surface area contributed by atoms with E-state index in [-0.39, 0.29) is 29.0 Å². The number of rotatable bonds is 1. The maximum absolute atomic E-state index is 12.6. The summed E-state index contributed by atoms with van der Waals surface area (Å²) in [5.74, 6) is 4.65. The SMILES string of the molecule is C#CCC1C[C@@H]2[C@@H](CC[C@]3(C)C(=O)CC[C@@H]23)[C@@]2(C)CCC(=O)CC12O. The quantitative estimate of drug-likeness (QED) is 0.742. The molecule has 136 valence electrons. The highest BCUT2D eigenvalue weighted by molar-refractivity contribution is 5.87. The van der Waals surface area contributed by atoms with Crippen LogP contribution in [-0.4, -0.2) is 22.3 Å². The number of aliphatic hydroxyl groups is 1. The lowest BCUT2D eigenvalue weighted by molar-refractivity contribution is -0.227. The topological polar surface area (TPSA) is 54.4 Å². The molecule has 0 heterocycles. The van der Waals surface area contributed by atoms with Crippen molar-refractivity contribution in [2.24, 2.45) is 34.5 Å². The third kappa shape index (κ3) is 2.10. The first-order chi connectivity index (χ1) is 11.8. The number of hydrogen-bond acceptors (Lipinski definition) is 3. The fourth-order valence-electron chi connectivity index (χ4n) is 7.42. The summed E-state index contributed by atoms with van der Waals surface area (Å²) in [5.41, 5.74) is -1.39. The molecule has 4 rings (SSSR count). The van der Waals surface area contributed by atoms with Crippen LogP contribution in [0.3, 0.4) is 0 Å². The zero-order valence-corrected chi connectivity index (χ0v) is 15.5. The molecule has 0 amide bonds. The maximum atomic E-state index is 12.6. The largest absolute Gasteiger partial charge is 0.389 e. The molecule has 4 aliphatic rings. The van der Waals surface area contributed by atoms with Crippen molar-refractivity contribution in [1.29, 1.82) is 0 Å². The van der Waals surface area contributed by atoms with Gasteiger partial charge in [0.2, 0.25) is 0 Å². The average Bonchev–Trinajstić information content (AvgIpc) is 2.86. The lowest BCUT2D eigenvalue weighted by atomic mass is 9.41. The molecule has 0 radical (unpaired) electrons. The van der Waals surface area contributed by atoms with Crippen LogP contribution >= 0.6 is 0 Å². The summed E-state index contributed by atoms with van der Waals surface area (Å²) >= 11 is 0. The van der Waals surface area contributed by atoms with Crippen LogP contribution in [0.25, 0.3) is 0 Å². The second kappa shape index (κ2) is 5.43. The third-order valence-electron chi connectivity index (χ3n) is 8.94. The Bertz CT molecular complexity index is 661. The highest BCUT2D eigenvalue weighted by atomic mass is 16.3. The monoisotopic (exact) mass is 342 g/mol.